The van der Waals surface area contributed by atoms with Crippen LogP contribution in [0.5, 0.6) is 0 Å². The van der Waals surface area contributed by atoms with Crippen LogP contribution >= 0.6 is 11.6 Å². The van der Waals surface area contributed by atoms with Crippen molar-refractivity contribution in [2.75, 3.05) is 5.43 Å². The molecule has 104 valence electrons. The van der Waals surface area contributed by atoms with Gasteiger partial charge in [-0.1, -0.05) is 24.4 Å². The van der Waals surface area contributed by atoms with Crippen molar-refractivity contribution >= 4 is 23.3 Å². The van der Waals surface area contributed by atoms with Crippen LogP contribution in [0.15, 0.2) is 12.3 Å². The number of nitrogen functional groups attached to an aromatic ring is 1. The highest BCUT2D eigenvalue weighted by Crippen LogP contribution is 2.21. The molecule has 1 fully saturated rings. The largest absolute Gasteiger partial charge is 0.391 e. The van der Waals surface area contributed by atoms with E-state index in [1.54, 1.807) is 0 Å². The number of carbonyl (C=O) groups is 1. The van der Waals surface area contributed by atoms with Crippen LogP contribution < -0.4 is 16.6 Å². The van der Waals surface area contributed by atoms with Gasteiger partial charge >= 0.3 is 0 Å². The molecule has 1 aliphatic rings. The van der Waals surface area contributed by atoms with Crippen LogP contribution in [0.4, 0.5) is 5.82 Å². The smallest absolute Gasteiger partial charge is 0.253 e. The van der Waals surface area contributed by atoms with Crippen molar-refractivity contribution in [3.8, 4) is 0 Å². The Morgan fingerprint density at radius 2 is 2.21 bits per heavy atom. The number of nitrogens with one attached hydrogen (secondary N) is 2. The molecule has 6 nitrogen and oxygen atoms in total. The Hall–Kier alpha value is -1.37. The van der Waals surface area contributed by atoms with Crippen LogP contribution in [0, 0.1) is 0 Å². The zero-order valence-electron chi connectivity index (χ0n) is 10.4. The highest BCUT2D eigenvalue weighted by molar-refractivity contribution is 6.33. The maximum atomic E-state index is 12.0. The first-order chi connectivity index (χ1) is 9.11. The molecule has 1 aromatic rings. The molecule has 0 spiro atoms. The number of hydrazine groups is 1. The van der Waals surface area contributed by atoms with Gasteiger partial charge in [0, 0.05) is 6.20 Å². The van der Waals surface area contributed by atoms with Crippen LogP contribution in [0.1, 0.15) is 36.0 Å². The number of carbonyl (C=O) groups excluding carboxylic acids is 1. The van der Waals surface area contributed by atoms with Crippen molar-refractivity contribution in [3.05, 3.63) is 22.8 Å². The van der Waals surface area contributed by atoms with E-state index in [4.69, 9.17) is 17.4 Å². The normalized spacial score (nSPS) is 22.9. The molecule has 19 heavy (non-hydrogen) atoms. The van der Waals surface area contributed by atoms with Gasteiger partial charge in [-0.2, -0.15) is 0 Å². The Morgan fingerprint density at radius 1 is 1.47 bits per heavy atom. The van der Waals surface area contributed by atoms with Gasteiger partial charge in [0.1, 0.15) is 0 Å². The van der Waals surface area contributed by atoms with Gasteiger partial charge in [0.2, 0.25) is 0 Å². The van der Waals surface area contributed by atoms with Gasteiger partial charge in [0.05, 0.1) is 22.7 Å². The summed E-state index contributed by atoms with van der Waals surface area (Å²) in [4.78, 5) is 16.0. The lowest BCUT2D eigenvalue weighted by Gasteiger charge is -2.28. The lowest BCUT2D eigenvalue weighted by atomic mass is 9.92. The molecule has 2 rings (SSSR count). The summed E-state index contributed by atoms with van der Waals surface area (Å²) in [6, 6.07) is 1.29. The fourth-order valence-electron chi connectivity index (χ4n) is 2.20. The topological polar surface area (TPSA) is 100 Å². The molecule has 0 saturated heterocycles. The highest BCUT2D eigenvalue weighted by Gasteiger charge is 2.25. The van der Waals surface area contributed by atoms with Gasteiger partial charge in [0.15, 0.2) is 5.82 Å². The summed E-state index contributed by atoms with van der Waals surface area (Å²) in [7, 11) is 0. The SMILES string of the molecule is NNc1ncc(C(=O)NC2CCCCC2O)cc1Cl. The number of anilines is 1. The Bertz CT molecular complexity index is 469. The number of halogens is 1. The van der Waals surface area contributed by atoms with Gasteiger partial charge in [-0.3, -0.25) is 4.79 Å². The van der Waals surface area contributed by atoms with E-state index in [0.29, 0.717) is 11.4 Å². The second-order valence-electron chi connectivity index (χ2n) is 4.63. The second kappa shape index (κ2) is 6.18. The fraction of sp³-hybridized carbons (Fsp3) is 0.500. The summed E-state index contributed by atoms with van der Waals surface area (Å²) in [6.45, 7) is 0. The summed E-state index contributed by atoms with van der Waals surface area (Å²) in [5, 5.41) is 12.9. The molecule has 0 aliphatic heterocycles. The van der Waals surface area contributed by atoms with Crippen molar-refractivity contribution in [2.24, 2.45) is 5.84 Å². The first-order valence-electron chi connectivity index (χ1n) is 6.23. The molecule has 2 unspecified atom stereocenters. The van der Waals surface area contributed by atoms with E-state index >= 15 is 0 Å². The predicted octanol–water partition coefficient (Wildman–Crippen LogP) is 1.05. The molecule has 1 amide bonds. The lowest BCUT2D eigenvalue weighted by molar-refractivity contribution is 0.0717. The number of aliphatic hydroxyl groups excluding tert-OH is 1. The minimum absolute atomic E-state index is 0.202. The van der Waals surface area contributed by atoms with Crippen molar-refractivity contribution in [1.82, 2.24) is 10.3 Å². The number of hydrogen-bond acceptors (Lipinski definition) is 5. The Morgan fingerprint density at radius 3 is 2.84 bits per heavy atom. The monoisotopic (exact) mass is 284 g/mol. The van der Waals surface area contributed by atoms with Crippen LogP contribution in [0.2, 0.25) is 5.02 Å². The lowest BCUT2D eigenvalue weighted by Crippen LogP contribution is -2.45. The molecule has 0 bridgehead atoms. The zero-order chi connectivity index (χ0) is 13.8. The van der Waals surface area contributed by atoms with E-state index in [1.807, 2.05) is 0 Å². The average Bonchev–Trinajstić information content (AvgIpc) is 2.41. The molecular weight excluding hydrogens is 268 g/mol. The van der Waals surface area contributed by atoms with Crippen LogP contribution in [0.25, 0.3) is 0 Å². The quantitative estimate of drug-likeness (QED) is 0.491. The van der Waals surface area contributed by atoms with Crippen LogP contribution in [-0.2, 0) is 0 Å². The van der Waals surface area contributed by atoms with E-state index in [1.165, 1.54) is 12.3 Å². The highest BCUT2D eigenvalue weighted by atomic mass is 35.5. The summed E-state index contributed by atoms with van der Waals surface area (Å²) < 4.78 is 0. The molecule has 7 heteroatoms. The Kier molecular flexibility index (Phi) is 4.57. The first kappa shape index (κ1) is 14.0. The van der Waals surface area contributed by atoms with Crippen molar-refractivity contribution in [2.45, 2.75) is 37.8 Å². The molecule has 5 N–H and O–H groups in total. The zero-order valence-corrected chi connectivity index (χ0v) is 11.2. The van der Waals surface area contributed by atoms with E-state index in [9.17, 15) is 9.90 Å². The number of amides is 1. The third-order valence-corrected chi connectivity index (χ3v) is 3.57. The molecular formula is C12H17ClN4O2. The van der Waals surface area contributed by atoms with Gasteiger partial charge < -0.3 is 15.8 Å². The number of aliphatic hydroxyl groups is 1. The van der Waals surface area contributed by atoms with Crippen molar-refractivity contribution in [3.63, 3.8) is 0 Å². The number of aromatic nitrogens is 1. The Balaban J connectivity index is 2.05. The summed E-state index contributed by atoms with van der Waals surface area (Å²) in [5.74, 6) is 5.24. The number of hydrogen-bond donors (Lipinski definition) is 4. The maximum absolute atomic E-state index is 12.0. The minimum atomic E-state index is -0.480. The van der Waals surface area contributed by atoms with Gasteiger partial charge in [0.25, 0.3) is 5.91 Å². The summed E-state index contributed by atoms with van der Waals surface area (Å²) in [5.41, 5.74) is 2.68. The van der Waals surface area contributed by atoms with Crippen LogP contribution in [0.3, 0.4) is 0 Å². The minimum Gasteiger partial charge on any atom is -0.391 e. The van der Waals surface area contributed by atoms with E-state index in [2.05, 4.69) is 15.7 Å². The Labute approximate surface area is 116 Å². The third-order valence-electron chi connectivity index (χ3n) is 3.29. The summed E-state index contributed by atoms with van der Waals surface area (Å²) in [6.07, 6.45) is 4.43. The van der Waals surface area contributed by atoms with Crippen molar-refractivity contribution in [1.29, 1.82) is 0 Å². The summed E-state index contributed by atoms with van der Waals surface area (Å²) >= 11 is 5.91. The van der Waals surface area contributed by atoms with E-state index in [-0.39, 0.29) is 17.0 Å². The van der Waals surface area contributed by atoms with Crippen molar-refractivity contribution < 1.29 is 9.90 Å². The molecule has 1 aromatic heterocycles. The molecule has 1 heterocycles. The second-order valence-corrected chi connectivity index (χ2v) is 5.04. The third kappa shape index (κ3) is 3.34. The van der Waals surface area contributed by atoms with Gasteiger partial charge in [-0.15, -0.1) is 0 Å². The predicted molar refractivity (Wildman–Crippen MR) is 72.8 cm³/mol. The molecule has 1 aliphatic carbocycles. The molecule has 1 saturated carbocycles. The molecule has 0 radical (unpaired) electrons. The molecule has 2 atom stereocenters. The van der Waals surface area contributed by atoms with E-state index < -0.39 is 6.10 Å². The maximum Gasteiger partial charge on any atom is 0.253 e. The van der Waals surface area contributed by atoms with Crippen LogP contribution in [-0.4, -0.2) is 28.1 Å². The van der Waals surface area contributed by atoms with E-state index in [0.717, 1.165) is 25.7 Å². The first-order valence-corrected chi connectivity index (χ1v) is 6.60. The van der Waals surface area contributed by atoms with Gasteiger partial charge in [-0.05, 0) is 18.9 Å². The number of rotatable bonds is 3. The number of nitrogens with zero attached hydrogens (tertiary/aromatic N) is 1. The fourth-order valence-corrected chi connectivity index (χ4v) is 2.42. The standard InChI is InChI=1S/C12H17ClN4O2/c13-8-5-7(6-15-11(8)17-14)12(19)16-9-3-1-2-4-10(9)18/h5-6,9-10,18H,1-4,14H2,(H,15,17)(H,16,19). The average molecular weight is 285 g/mol. The molecule has 0 aromatic carbocycles. The number of nitrogens with two attached hydrogens (primary N) is 1. The number of pyridine rings is 1. The van der Waals surface area contributed by atoms with Gasteiger partial charge in [-0.25, -0.2) is 10.8 Å².